The normalized spacial score (nSPS) is 19.7. The molecule has 10 nitrogen and oxygen atoms in total. The predicted molar refractivity (Wildman–Crippen MR) is 229 cm³/mol. The van der Waals surface area contributed by atoms with E-state index in [1.807, 2.05) is 18.2 Å². The smallest absolute Gasteiger partial charge is 0.192 e. The third-order valence-electron chi connectivity index (χ3n) is 11.3. The Balaban J connectivity index is 1.04. The van der Waals surface area contributed by atoms with Crippen LogP contribution in [0, 0.1) is 0 Å². The van der Waals surface area contributed by atoms with E-state index in [0.29, 0.717) is 73.9 Å². The first-order chi connectivity index (χ1) is 28.9. The zero-order chi connectivity index (χ0) is 41.3. The molecular formula is C48H36N2O8S2. The van der Waals surface area contributed by atoms with Crippen LogP contribution in [0.5, 0.6) is 34.5 Å². The quantitative estimate of drug-likeness (QED) is 0.142. The Morgan fingerprint density at radius 3 is 1.57 bits per heavy atom. The molecule has 0 saturated heterocycles. The molecule has 6 aromatic rings. The van der Waals surface area contributed by atoms with E-state index in [1.165, 1.54) is 24.3 Å². The van der Waals surface area contributed by atoms with Gasteiger partial charge in [-0.2, -0.15) is 0 Å². The van der Waals surface area contributed by atoms with Crippen LogP contribution in [0.2, 0.25) is 0 Å². The molecule has 6 heterocycles. The summed E-state index contributed by atoms with van der Waals surface area (Å²) in [5.74, 6) is 3.40. The van der Waals surface area contributed by atoms with Crippen molar-refractivity contribution in [2.75, 3.05) is 11.5 Å². The minimum Gasteiger partial charge on any atom is -0.457 e. The molecule has 0 radical (unpaired) electrons. The Kier molecular flexibility index (Phi) is 8.56. The van der Waals surface area contributed by atoms with Crippen LogP contribution in [0.15, 0.2) is 191 Å². The van der Waals surface area contributed by atoms with Crippen molar-refractivity contribution in [3.8, 4) is 45.6 Å². The molecule has 8 aliphatic rings. The molecule has 2 aliphatic carbocycles. The van der Waals surface area contributed by atoms with Crippen LogP contribution in [-0.4, -0.2) is 16.8 Å². The zero-order valence-corrected chi connectivity index (χ0v) is 33.5. The maximum atomic E-state index is 15.1. The third kappa shape index (κ3) is 5.98. The minimum atomic E-state index is -4.21. The number of ether oxygens (including phenoxy) is 4. The molecular weight excluding hydrogens is 797 g/mol. The highest BCUT2D eigenvalue weighted by atomic mass is 32.2. The minimum absolute atomic E-state index is 0.0388. The summed E-state index contributed by atoms with van der Waals surface area (Å²) in [7, 11) is -8.29. The van der Waals surface area contributed by atoms with Gasteiger partial charge in [0, 0.05) is 29.1 Å². The SMILES string of the molecule is Nc1cccc(Oc2ccc(S(=O)(=O)C34C=CC(=CC3)Oc3ccc(c5c3C3(S(=O)(=O)c6ccc(Oc7cccc(N)c7)cc6)C=CC(=CC3)O5)-c3ccc4cc3)cc2)c1. The van der Waals surface area contributed by atoms with Crippen molar-refractivity contribution >= 4 is 31.0 Å². The topological polar surface area (TPSA) is 157 Å². The number of allylic oxidation sites excluding steroid dienone is 4. The zero-order valence-electron chi connectivity index (χ0n) is 31.8. The first-order valence-corrected chi connectivity index (χ1v) is 22.1. The van der Waals surface area contributed by atoms with Crippen LogP contribution in [0.25, 0.3) is 11.1 Å². The van der Waals surface area contributed by atoms with Crippen molar-refractivity contribution in [2.45, 2.75) is 32.1 Å². The Morgan fingerprint density at radius 2 is 1.05 bits per heavy atom. The molecule has 0 fully saturated rings. The van der Waals surface area contributed by atoms with Crippen LogP contribution >= 0.6 is 0 Å². The fourth-order valence-electron chi connectivity index (χ4n) is 8.23. The van der Waals surface area contributed by atoms with Crippen molar-refractivity contribution in [1.82, 2.24) is 0 Å². The van der Waals surface area contributed by atoms with Gasteiger partial charge in [0.15, 0.2) is 19.7 Å². The number of rotatable bonds is 8. The molecule has 0 aromatic heterocycles. The van der Waals surface area contributed by atoms with E-state index >= 15 is 8.42 Å². The summed E-state index contributed by atoms with van der Waals surface area (Å²) in [4.78, 5) is 0.185. The number of nitrogen functional groups attached to an aromatic ring is 2. The predicted octanol–water partition coefficient (Wildman–Crippen LogP) is 9.91. The lowest BCUT2D eigenvalue weighted by Gasteiger charge is -2.33. The highest BCUT2D eigenvalue weighted by Crippen LogP contribution is 2.56. The summed E-state index contributed by atoms with van der Waals surface area (Å²) in [5.41, 5.74) is 15.1. The van der Waals surface area contributed by atoms with Crippen LogP contribution in [0.3, 0.4) is 0 Å². The molecule has 4 N–H and O–H groups in total. The molecule has 8 bridgehead atoms. The van der Waals surface area contributed by atoms with E-state index < -0.39 is 29.2 Å². The van der Waals surface area contributed by atoms with Gasteiger partial charge in [-0.1, -0.05) is 48.6 Å². The second kappa shape index (κ2) is 13.8. The Morgan fingerprint density at radius 1 is 0.533 bits per heavy atom. The van der Waals surface area contributed by atoms with E-state index in [2.05, 4.69) is 0 Å². The second-order valence-electron chi connectivity index (χ2n) is 15.0. The summed E-state index contributed by atoms with van der Waals surface area (Å²) < 4.78 is 81.9. The fourth-order valence-corrected chi connectivity index (χ4v) is 12.1. The summed E-state index contributed by atoms with van der Waals surface area (Å²) in [6.45, 7) is 0. The largest absolute Gasteiger partial charge is 0.457 e. The third-order valence-corrected chi connectivity index (χ3v) is 16.1. The van der Waals surface area contributed by atoms with Crippen molar-refractivity contribution in [3.05, 3.63) is 193 Å². The number of sulfone groups is 2. The lowest BCUT2D eigenvalue weighted by molar-refractivity contribution is 0.412. The molecule has 6 aromatic carbocycles. The molecule has 12 heteroatoms. The summed E-state index contributed by atoms with van der Waals surface area (Å²) in [5, 5.41) is 0. The number of benzene rings is 6. The summed E-state index contributed by atoms with van der Waals surface area (Å²) in [6, 6.07) is 37.4. The highest BCUT2D eigenvalue weighted by molar-refractivity contribution is 7.93. The summed E-state index contributed by atoms with van der Waals surface area (Å²) in [6.07, 6.45) is 10.3. The maximum absolute atomic E-state index is 15.1. The van der Waals surface area contributed by atoms with Crippen molar-refractivity contribution in [2.24, 2.45) is 0 Å². The first-order valence-electron chi connectivity index (χ1n) is 19.1. The van der Waals surface area contributed by atoms with Crippen LogP contribution in [-0.2, 0) is 29.2 Å². The van der Waals surface area contributed by atoms with Gasteiger partial charge < -0.3 is 30.4 Å². The number of hydrogen-bond donors (Lipinski definition) is 2. The molecule has 0 saturated carbocycles. The van der Waals surface area contributed by atoms with Crippen molar-refractivity contribution in [3.63, 3.8) is 0 Å². The van der Waals surface area contributed by atoms with Gasteiger partial charge in [-0.3, -0.25) is 0 Å². The number of nitrogens with two attached hydrogens (primary N) is 2. The summed E-state index contributed by atoms with van der Waals surface area (Å²) >= 11 is 0. The van der Waals surface area contributed by atoms with Gasteiger partial charge in [0.2, 0.25) is 0 Å². The number of hydrogen-bond acceptors (Lipinski definition) is 10. The fraction of sp³-hybridized carbons (Fsp3) is 0.0833. The first kappa shape index (κ1) is 37.3. The average molecular weight is 833 g/mol. The van der Waals surface area contributed by atoms with E-state index in [9.17, 15) is 8.42 Å². The van der Waals surface area contributed by atoms with E-state index in [4.69, 9.17) is 30.4 Å². The maximum Gasteiger partial charge on any atom is 0.192 e. The number of anilines is 2. The molecule has 6 aliphatic heterocycles. The van der Waals surface area contributed by atoms with Gasteiger partial charge in [0.25, 0.3) is 0 Å². The lowest BCUT2D eigenvalue weighted by Crippen LogP contribution is -2.35. The lowest BCUT2D eigenvalue weighted by atomic mass is 9.87. The van der Waals surface area contributed by atoms with Gasteiger partial charge in [0.05, 0.1) is 15.4 Å². The monoisotopic (exact) mass is 832 g/mol. The molecule has 60 heavy (non-hydrogen) atoms. The molecule has 2 unspecified atom stereocenters. The van der Waals surface area contributed by atoms with E-state index in [1.54, 1.807) is 127 Å². The highest BCUT2D eigenvalue weighted by Gasteiger charge is 2.52. The average Bonchev–Trinajstić information content (AvgIpc) is 3.51. The van der Waals surface area contributed by atoms with Gasteiger partial charge in [-0.25, -0.2) is 16.8 Å². The molecule has 0 amide bonds. The Bertz CT molecular complexity index is 3080. The van der Waals surface area contributed by atoms with Gasteiger partial charge in [-0.05, 0) is 133 Å². The van der Waals surface area contributed by atoms with E-state index in [0.717, 1.165) is 0 Å². The van der Waals surface area contributed by atoms with Crippen LogP contribution in [0.1, 0.15) is 24.0 Å². The van der Waals surface area contributed by atoms with Crippen molar-refractivity contribution < 1.29 is 35.8 Å². The van der Waals surface area contributed by atoms with Gasteiger partial charge >= 0.3 is 0 Å². The molecule has 298 valence electrons. The Hall–Kier alpha value is -7.02. The van der Waals surface area contributed by atoms with Gasteiger partial charge in [0.1, 0.15) is 55.5 Å². The molecule has 14 rings (SSSR count). The molecule has 2 atom stereocenters. The van der Waals surface area contributed by atoms with Crippen LogP contribution < -0.4 is 30.4 Å². The van der Waals surface area contributed by atoms with Gasteiger partial charge in [-0.15, -0.1) is 0 Å². The standard InChI is InChI=1S/C48H36N2O8S2/c49-33-3-1-5-39(29-33)55-35-11-15-41(16-12-35)59(51,52)47-25-21-37(22-26-47)57-44-20-19-43(31-7-9-32(47)10-8-31)46-45(44)48(27-23-38(58-46)24-28-48)60(53,54)42-17-13-36(14-18-42)56-40-6-2-4-34(50)30-40/h1-25,27,29-30H,26,28,49-50H2. The van der Waals surface area contributed by atoms with Crippen molar-refractivity contribution in [1.29, 1.82) is 0 Å². The number of fused-ring (bicyclic) bond motifs is 3. The second-order valence-corrected chi connectivity index (χ2v) is 19.4. The Labute approximate surface area is 347 Å². The van der Waals surface area contributed by atoms with E-state index in [-0.39, 0.29) is 28.4 Å². The molecule has 0 spiro atoms. The van der Waals surface area contributed by atoms with Crippen LogP contribution in [0.4, 0.5) is 11.4 Å².